The van der Waals surface area contributed by atoms with Crippen molar-refractivity contribution in [3.05, 3.63) is 51.0 Å². The van der Waals surface area contributed by atoms with Crippen molar-refractivity contribution in [1.82, 2.24) is 4.90 Å². The highest BCUT2D eigenvalue weighted by molar-refractivity contribution is 6.43. The second kappa shape index (κ2) is 11.3. The molecule has 0 radical (unpaired) electrons. The molecule has 1 saturated heterocycles. The summed E-state index contributed by atoms with van der Waals surface area (Å²) in [6, 6.07) is 9.08. The van der Waals surface area contributed by atoms with E-state index in [0.29, 0.717) is 38.6 Å². The van der Waals surface area contributed by atoms with E-state index in [4.69, 9.17) is 44.3 Å². The van der Waals surface area contributed by atoms with Crippen molar-refractivity contribution in [1.29, 1.82) is 0 Å². The van der Waals surface area contributed by atoms with Crippen LogP contribution in [0.15, 0.2) is 30.3 Å². The number of unbranched alkanes of at least 4 members (excludes halogenated alkanes) is 1. The van der Waals surface area contributed by atoms with Gasteiger partial charge in [-0.25, -0.2) is 0 Å². The summed E-state index contributed by atoms with van der Waals surface area (Å²) in [7, 11) is 3.05. The average molecular weight is 486 g/mol. The van der Waals surface area contributed by atoms with Crippen LogP contribution >= 0.6 is 34.8 Å². The number of hydrogen-bond donors (Lipinski definition) is 0. The van der Waals surface area contributed by atoms with Crippen molar-refractivity contribution in [3.8, 4) is 11.5 Å². The van der Waals surface area contributed by atoms with Gasteiger partial charge in [0.1, 0.15) is 0 Å². The highest BCUT2D eigenvalue weighted by Crippen LogP contribution is 2.36. The number of halogens is 3. The second-order valence-corrected chi connectivity index (χ2v) is 8.67. The van der Waals surface area contributed by atoms with E-state index in [2.05, 4.69) is 9.80 Å². The summed E-state index contributed by atoms with van der Waals surface area (Å²) in [6.07, 6.45) is 2.26. The fourth-order valence-electron chi connectivity index (χ4n) is 3.79. The lowest BCUT2D eigenvalue weighted by Gasteiger charge is -2.36. The summed E-state index contributed by atoms with van der Waals surface area (Å²) in [5, 5.41) is 1.58. The lowest BCUT2D eigenvalue weighted by Crippen LogP contribution is -2.46. The van der Waals surface area contributed by atoms with Crippen molar-refractivity contribution in [3.63, 3.8) is 0 Å². The SMILES string of the molecule is COc1cc(C(=O)CCCCN2CCN(c3cccc(Cl)c3Cl)CC2)cc(Cl)c1OC. The molecule has 0 aliphatic carbocycles. The third-order valence-electron chi connectivity index (χ3n) is 5.53. The predicted octanol–water partition coefficient (Wildman–Crippen LogP) is 5.84. The summed E-state index contributed by atoms with van der Waals surface area (Å²) in [6.45, 7) is 4.70. The number of methoxy groups -OCH3 is 2. The monoisotopic (exact) mass is 484 g/mol. The Morgan fingerprint density at radius 1 is 0.968 bits per heavy atom. The van der Waals surface area contributed by atoms with Gasteiger partial charge >= 0.3 is 0 Å². The zero-order valence-corrected chi connectivity index (χ0v) is 20.1. The molecule has 0 saturated carbocycles. The van der Waals surface area contributed by atoms with Crippen LogP contribution in [0.5, 0.6) is 11.5 Å². The van der Waals surface area contributed by atoms with E-state index < -0.39 is 0 Å². The summed E-state index contributed by atoms with van der Waals surface area (Å²) in [4.78, 5) is 17.3. The standard InChI is InChI=1S/C23H27Cl3N2O3/c1-30-21-15-16(14-18(25)23(21)31-2)20(29)8-3-4-9-27-10-12-28(13-11-27)19-7-5-6-17(24)22(19)26/h5-7,14-15H,3-4,8-13H2,1-2H3. The number of hydrogen-bond acceptors (Lipinski definition) is 5. The van der Waals surface area contributed by atoms with Crippen LogP contribution in [0.25, 0.3) is 0 Å². The molecule has 31 heavy (non-hydrogen) atoms. The molecule has 8 heteroatoms. The van der Waals surface area contributed by atoms with Crippen molar-refractivity contribution in [2.45, 2.75) is 19.3 Å². The van der Waals surface area contributed by atoms with E-state index in [-0.39, 0.29) is 5.78 Å². The maximum atomic E-state index is 12.6. The topological polar surface area (TPSA) is 42.0 Å². The van der Waals surface area contributed by atoms with Crippen LogP contribution in [0.1, 0.15) is 29.6 Å². The zero-order valence-electron chi connectivity index (χ0n) is 17.8. The number of benzene rings is 2. The highest BCUT2D eigenvalue weighted by Gasteiger charge is 2.20. The summed E-state index contributed by atoms with van der Waals surface area (Å²) in [5.41, 5.74) is 1.54. The van der Waals surface area contributed by atoms with Gasteiger partial charge in [0.15, 0.2) is 17.3 Å². The van der Waals surface area contributed by atoms with Gasteiger partial charge in [-0.15, -0.1) is 0 Å². The van der Waals surface area contributed by atoms with Crippen LogP contribution in [0.2, 0.25) is 15.1 Å². The number of carbonyl (C=O) groups is 1. The van der Waals surface area contributed by atoms with Crippen molar-refractivity contribution in [2.75, 3.05) is 51.8 Å². The molecule has 3 rings (SSSR count). The Labute approximate surface area is 198 Å². The largest absolute Gasteiger partial charge is 0.493 e. The molecule has 1 fully saturated rings. The number of carbonyl (C=O) groups excluding carboxylic acids is 1. The molecule has 0 amide bonds. The Hall–Kier alpha value is -1.66. The number of anilines is 1. The molecule has 1 aliphatic heterocycles. The lowest BCUT2D eigenvalue weighted by atomic mass is 10.0. The fourth-order valence-corrected chi connectivity index (χ4v) is 4.50. The molecule has 2 aromatic rings. The van der Waals surface area contributed by atoms with Crippen LogP contribution in [0, 0.1) is 0 Å². The molecule has 0 bridgehead atoms. The lowest BCUT2D eigenvalue weighted by molar-refractivity contribution is 0.0977. The van der Waals surface area contributed by atoms with Crippen LogP contribution < -0.4 is 14.4 Å². The molecule has 0 atom stereocenters. The van der Waals surface area contributed by atoms with Gasteiger partial charge in [-0.3, -0.25) is 9.69 Å². The second-order valence-electron chi connectivity index (χ2n) is 7.48. The first-order valence-electron chi connectivity index (χ1n) is 10.3. The van der Waals surface area contributed by atoms with E-state index in [1.807, 2.05) is 12.1 Å². The maximum Gasteiger partial charge on any atom is 0.179 e. The van der Waals surface area contributed by atoms with Crippen molar-refractivity contribution >= 4 is 46.3 Å². The molecule has 5 nitrogen and oxygen atoms in total. The summed E-state index contributed by atoms with van der Waals surface area (Å²) in [5.74, 6) is 0.971. The van der Waals surface area contributed by atoms with Crippen LogP contribution in [0.4, 0.5) is 5.69 Å². The minimum absolute atomic E-state index is 0.0586. The van der Waals surface area contributed by atoms with Gasteiger partial charge in [0.05, 0.1) is 35.0 Å². The number of rotatable bonds is 9. The van der Waals surface area contributed by atoms with Gasteiger partial charge < -0.3 is 14.4 Å². The van der Waals surface area contributed by atoms with Crippen LogP contribution in [0.3, 0.4) is 0 Å². The molecule has 0 N–H and O–H groups in total. The van der Waals surface area contributed by atoms with Crippen molar-refractivity contribution < 1.29 is 14.3 Å². The molecular formula is C23H27Cl3N2O3. The van der Waals surface area contributed by atoms with Crippen LogP contribution in [-0.2, 0) is 0 Å². The van der Waals surface area contributed by atoms with E-state index >= 15 is 0 Å². The molecule has 2 aromatic carbocycles. The van der Waals surface area contributed by atoms with Crippen molar-refractivity contribution in [2.24, 2.45) is 0 Å². The highest BCUT2D eigenvalue weighted by atomic mass is 35.5. The third-order valence-corrected chi connectivity index (χ3v) is 6.62. The summed E-state index contributed by atoms with van der Waals surface area (Å²) >= 11 is 18.7. The smallest absolute Gasteiger partial charge is 0.179 e. The van der Waals surface area contributed by atoms with E-state index in [1.165, 1.54) is 14.2 Å². The van der Waals surface area contributed by atoms with Gasteiger partial charge in [-0.1, -0.05) is 40.9 Å². The minimum Gasteiger partial charge on any atom is -0.493 e. The molecule has 0 unspecified atom stereocenters. The Morgan fingerprint density at radius 2 is 1.71 bits per heavy atom. The Kier molecular flexibility index (Phi) is 8.73. The maximum absolute atomic E-state index is 12.6. The Balaban J connectivity index is 1.43. The van der Waals surface area contributed by atoms with Gasteiger partial charge in [0.2, 0.25) is 0 Å². The first-order valence-corrected chi connectivity index (χ1v) is 11.4. The number of ether oxygens (including phenoxy) is 2. The molecular weight excluding hydrogens is 459 g/mol. The van der Waals surface area contributed by atoms with Gasteiger partial charge in [0.25, 0.3) is 0 Å². The van der Waals surface area contributed by atoms with Gasteiger partial charge in [0, 0.05) is 38.2 Å². The average Bonchev–Trinajstić information content (AvgIpc) is 2.78. The predicted molar refractivity (Wildman–Crippen MR) is 128 cm³/mol. The first-order chi connectivity index (χ1) is 14.9. The van der Waals surface area contributed by atoms with E-state index in [9.17, 15) is 4.79 Å². The third kappa shape index (κ3) is 5.98. The fraction of sp³-hybridized carbons (Fsp3) is 0.435. The number of nitrogens with zero attached hydrogens (tertiary/aromatic N) is 2. The normalized spacial score (nSPS) is 14.5. The molecule has 1 aliphatic rings. The van der Waals surface area contributed by atoms with E-state index in [1.54, 1.807) is 18.2 Å². The number of ketones is 1. The number of Topliss-reactive ketones (excluding diaryl/α,β-unsaturated/α-hetero) is 1. The zero-order chi connectivity index (χ0) is 22.4. The van der Waals surface area contributed by atoms with E-state index in [0.717, 1.165) is 51.3 Å². The molecule has 1 heterocycles. The van der Waals surface area contributed by atoms with Gasteiger partial charge in [-0.2, -0.15) is 0 Å². The molecule has 0 aromatic heterocycles. The van der Waals surface area contributed by atoms with Crippen LogP contribution in [-0.4, -0.2) is 57.6 Å². The quantitative estimate of drug-likeness (QED) is 0.330. The Bertz CT molecular complexity index is 915. The number of piperazine rings is 1. The minimum atomic E-state index is 0.0586. The molecule has 0 spiro atoms. The van der Waals surface area contributed by atoms with Gasteiger partial charge in [-0.05, 0) is 43.7 Å². The summed E-state index contributed by atoms with van der Waals surface area (Å²) < 4.78 is 10.5. The first kappa shape index (κ1) is 24.0. The Morgan fingerprint density at radius 3 is 2.39 bits per heavy atom. The molecule has 168 valence electrons.